The average Bonchev–Trinajstić information content (AvgIpc) is 3.27. The normalized spacial score (nSPS) is 40.1. The van der Waals surface area contributed by atoms with Gasteiger partial charge >= 0.3 is 17.9 Å². The van der Waals surface area contributed by atoms with Crippen molar-refractivity contribution in [2.75, 3.05) is 7.11 Å². The molecule has 0 N–H and O–H groups in total. The molecule has 0 amide bonds. The Morgan fingerprint density at radius 1 is 1.05 bits per heavy atom. The van der Waals surface area contributed by atoms with Gasteiger partial charge in [0.25, 0.3) is 0 Å². The van der Waals surface area contributed by atoms with E-state index in [2.05, 4.69) is 50.3 Å². The van der Waals surface area contributed by atoms with Crippen molar-refractivity contribution < 1.29 is 28.6 Å². The standard InChI is InChI=1S/C36H50ClIO6/c1-7-26-29-20-25(43-22(3)39)13-16-34(29,4)27-14-17-35(5)28(15-18-36(35,37)21(2)11-12-30(40)42-6)31(27)32(26)44-33(41)23-9-8-10-24(38)19-23/h8-10,19,21,25-29,31-32H,7,11-18,20H2,1-6H3/t21-,25-,26-,27+,28+,29+,31-,32-,34-,35+,36+/m1/s1. The number of methoxy groups -OCH3 is 1. The largest absolute Gasteiger partial charge is 0.469 e. The van der Waals surface area contributed by atoms with E-state index in [4.69, 9.17) is 25.8 Å². The first-order chi connectivity index (χ1) is 20.8. The maximum atomic E-state index is 13.9. The summed E-state index contributed by atoms with van der Waals surface area (Å²) >= 11 is 10.0. The second-order valence-electron chi connectivity index (χ2n) is 14.7. The van der Waals surface area contributed by atoms with Crippen LogP contribution in [0.2, 0.25) is 0 Å². The Morgan fingerprint density at radius 3 is 2.43 bits per heavy atom. The molecular weight excluding hydrogens is 691 g/mol. The second-order valence-corrected chi connectivity index (χ2v) is 16.7. The number of fused-ring (bicyclic) bond motifs is 5. The summed E-state index contributed by atoms with van der Waals surface area (Å²) in [6.45, 7) is 10.8. The summed E-state index contributed by atoms with van der Waals surface area (Å²) in [6.07, 6.45) is 8.30. The number of carbonyl (C=O) groups is 3. The van der Waals surface area contributed by atoms with Crippen molar-refractivity contribution in [2.45, 2.75) is 116 Å². The molecule has 0 aliphatic heterocycles. The first-order valence-corrected chi connectivity index (χ1v) is 18.1. The number of alkyl halides is 1. The number of halogens is 2. The van der Waals surface area contributed by atoms with Gasteiger partial charge in [0.1, 0.15) is 12.2 Å². The minimum atomic E-state index is -0.437. The van der Waals surface area contributed by atoms with Gasteiger partial charge in [-0.05, 0) is 139 Å². The van der Waals surface area contributed by atoms with E-state index in [0.29, 0.717) is 36.2 Å². The lowest BCUT2D eigenvalue weighted by atomic mass is 9.41. The Labute approximate surface area is 282 Å². The molecule has 0 bridgehead atoms. The van der Waals surface area contributed by atoms with Crippen molar-refractivity contribution in [3.63, 3.8) is 0 Å². The zero-order chi connectivity index (χ0) is 32.0. The van der Waals surface area contributed by atoms with Gasteiger partial charge in [-0.25, -0.2) is 4.79 Å². The molecular formula is C36H50ClIO6. The Hall–Kier alpha value is -1.35. The summed E-state index contributed by atoms with van der Waals surface area (Å²) in [6, 6.07) is 7.64. The highest BCUT2D eigenvalue weighted by Crippen LogP contribution is 2.72. The van der Waals surface area contributed by atoms with Crippen molar-refractivity contribution >= 4 is 52.1 Å². The molecule has 44 heavy (non-hydrogen) atoms. The Bertz CT molecular complexity index is 1250. The summed E-state index contributed by atoms with van der Waals surface area (Å²) < 4.78 is 18.5. The van der Waals surface area contributed by atoms with E-state index in [0.717, 1.165) is 54.9 Å². The van der Waals surface area contributed by atoms with Crippen molar-refractivity contribution in [2.24, 2.45) is 46.3 Å². The van der Waals surface area contributed by atoms with Gasteiger partial charge in [0.2, 0.25) is 0 Å². The van der Waals surface area contributed by atoms with Crippen LogP contribution in [0.3, 0.4) is 0 Å². The zero-order valence-electron chi connectivity index (χ0n) is 27.2. The summed E-state index contributed by atoms with van der Waals surface area (Å²) in [5, 5.41) is 0. The fourth-order valence-corrected chi connectivity index (χ4v) is 11.7. The zero-order valence-corrected chi connectivity index (χ0v) is 30.1. The maximum Gasteiger partial charge on any atom is 0.338 e. The van der Waals surface area contributed by atoms with Gasteiger partial charge in [-0.1, -0.05) is 33.8 Å². The fraction of sp³-hybridized carbons (Fsp3) is 0.750. The van der Waals surface area contributed by atoms with Crippen molar-refractivity contribution in [1.82, 2.24) is 0 Å². The smallest absolute Gasteiger partial charge is 0.338 e. The molecule has 0 radical (unpaired) electrons. The molecule has 0 unspecified atom stereocenters. The molecule has 0 saturated heterocycles. The van der Waals surface area contributed by atoms with Crippen LogP contribution in [0.4, 0.5) is 0 Å². The van der Waals surface area contributed by atoms with E-state index < -0.39 is 4.87 Å². The van der Waals surface area contributed by atoms with E-state index in [1.807, 2.05) is 24.3 Å². The highest BCUT2D eigenvalue weighted by Gasteiger charge is 2.69. The lowest BCUT2D eigenvalue weighted by Gasteiger charge is -2.65. The molecule has 0 spiro atoms. The molecule has 4 fully saturated rings. The molecule has 8 heteroatoms. The summed E-state index contributed by atoms with van der Waals surface area (Å²) in [7, 11) is 1.44. The number of benzene rings is 1. The van der Waals surface area contributed by atoms with Crippen molar-refractivity contribution in [1.29, 1.82) is 0 Å². The first kappa shape index (κ1) is 34.0. The topological polar surface area (TPSA) is 78.9 Å². The van der Waals surface area contributed by atoms with E-state index in [1.54, 1.807) is 0 Å². The molecule has 1 aromatic carbocycles. The molecule has 244 valence electrons. The van der Waals surface area contributed by atoms with E-state index in [9.17, 15) is 14.4 Å². The SMILES string of the molecule is CC[C@H]1[C@@H](OC(=O)c2cccc(I)c2)[C@@H]2[C@H](CC[C@@]3(C)[C@H]2CC[C@]3(Cl)[C@H](C)CCC(=O)OC)[C@@]2(C)CC[C@@H](OC(C)=O)C[C@@H]12. The van der Waals surface area contributed by atoms with Crippen LogP contribution in [0.5, 0.6) is 0 Å². The predicted molar refractivity (Wildman–Crippen MR) is 179 cm³/mol. The van der Waals surface area contributed by atoms with Gasteiger partial charge in [-0.2, -0.15) is 0 Å². The monoisotopic (exact) mass is 740 g/mol. The molecule has 0 aromatic heterocycles. The molecule has 6 nitrogen and oxygen atoms in total. The van der Waals surface area contributed by atoms with E-state index in [1.165, 1.54) is 14.0 Å². The molecule has 4 aliphatic rings. The minimum absolute atomic E-state index is 0.0718. The molecule has 0 heterocycles. The van der Waals surface area contributed by atoms with Crippen LogP contribution in [-0.2, 0) is 23.8 Å². The van der Waals surface area contributed by atoms with Crippen LogP contribution < -0.4 is 0 Å². The third-order valence-electron chi connectivity index (χ3n) is 12.9. The molecule has 5 rings (SSSR count). The van der Waals surface area contributed by atoms with Gasteiger partial charge in [0.05, 0.1) is 17.5 Å². The molecule has 4 saturated carbocycles. The molecule has 11 atom stereocenters. The number of hydrogen-bond donors (Lipinski definition) is 0. The van der Waals surface area contributed by atoms with Gasteiger partial charge in [0, 0.05) is 22.8 Å². The third kappa shape index (κ3) is 5.84. The average molecular weight is 741 g/mol. The number of esters is 3. The second kappa shape index (κ2) is 13.0. The third-order valence-corrected chi connectivity index (χ3v) is 14.6. The van der Waals surface area contributed by atoms with Gasteiger partial charge < -0.3 is 14.2 Å². The van der Waals surface area contributed by atoms with Gasteiger partial charge in [-0.15, -0.1) is 11.6 Å². The van der Waals surface area contributed by atoms with Crippen LogP contribution in [0.25, 0.3) is 0 Å². The number of hydrogen-bond acceptors (Lipinski definition) is 6. The number of rotatable bonds is 8. The van der Waals surface area contributed by atoms with Crippen LogP contribution in [-0.4, -0.2) is 42.1 Å². The minimum Gasteiger partial charge on any atom is -0.469 e. The highest BCUT2D eigenvalue weighted by molar-refractivity contribution is 14.1. The first-order valence-electron chi connectivity index (χ1n) is 16.7. The van der Waals surface area contributed by atoms with Crippen molar-refractivity contribution in [3.05, 3.63) is 33.4 Å². The summed E-state index contributed by atoms with van der Waals surface area (Å²) in [4.78, 5) is 37.5. The Kier molecular flexibility index (Phi) is 10.1. The summed E-state index contributed by atoms with van der Waals surface area (Å²) in [5.41, 5.74) is 0.517. The quantitative estimate of drug-likeness (QED) is 0.115. The van der Waals surface area contributed by atoms with E-state index in [-0.39, 0.29) is 58.7 Å². The van der Waals surface area contributed by atoms with Gasteiger partial charge in [-0.3, -0.25) is 9.59 Å². The Balaban J connectivity index is 1.53. The number of carbonyl (C=O) groups excluding carboxylic acids is 3. The summed E-state index contributed by atoms with van der Waals surface area (Å²) in [5.74, 6) is 0.847. The van der Waals surface area contributed by atoms with Crippen LogP contribution in [0.15, 0.2) is 24.3 Å². The van der Waals surface area contributed by atoms with Crippen molar-refractivity contribution in [3.8, 4) is 0 Å². The number of ether oxygens (including phenoxy) is 3. The van der Waals surface area contributed by atoms with Crippen LogP contribution >= 0.6 is 34.2 Å². The van der Waals surface area contributed by atoms with Crippen LogP contribution in [0.1, 0.15) is 109 Å². The predicted octanol–water partition coefficient (Wildman–Crippen LogP) is 8.60. The Morgan fingerprint density at radius 2 is 1.77 bits per heavy atom. The molecule has 4 aliphatic carbocycles. The van der Waals surface area contributed by atoms with Gasteiger partial charge in [0.15, 0.2) is 0 Å². The van der Waals surface area contributed by atoms with E-state index >= 15 is 0 Å². The highest BCUT2D eigenvalue weighted by atomic mass is 127. The maximum absolute atomic E-state index is 13.9. The lowest BCUT2D eigenvalue weighted by molar-refractivity contribution is -0.206. The molecule has 1 aromatic rings. The lowest BCUT2D eigenvalue weighted by Crippen LogP contribution is -2.64. The van der Waals surface area contributed by atoms with Crippen LogP contribution in [0, 0.1) is 49.9 Å². The fourth-order valence-electron chi connectivity index (χ4n) is 10.7.